The number of hydrogen-bond donors (Lipinski definition) is 1. The van der Waals surface area contributed by atoms with Crippen molar-refractivity contribution < 1.29 is 19.1 Å². The third kappa shape index (κ3) is 6.86. The molecule has 2 aromatic carbocycles. The summed E-state index contributed by atoms with van der Waals surface area (Å²) in [4.78, 5) is 37.3. The summed E-state index contributed by atoms with van der Waals surface area (Å²) in [5.41, 5.74) is 4.58. The number of amides is 1. The lowest BCUT2D eigenvalue weighted by Gasteiger charge is -2.36. The minimum atomic E-state index is -0.540. The van der Waals surface area contributed by atoms with Crippen molar-refractivity contribution in [2.45, 2.75) is 52.5 Å². The Hall–Kier alpha value is -4.37. The fourth-order valence-corrected chi connectivity index (χ4v) is 5.63. The maximum absolute atomic E-state index is 13.5. The Morgan fingerprint density at radius 3 is 2.61 bits per heavy atom. The topological polar surface area (TPSA) is 93.1 Å². The largest absolute Gasteiger partial charge is 0.489 e. The number of allylic oxidation sites excluding steroid dienone is 1. The second-order valence-electron chi connectivity index (χ2n) is 10.0. The normalized spacial score (nSPS) is 16.2. The number of benzene rings is 2. The summed E-state index contributed by atoms with van der Waals surface area (Å²) in [6.07, 6.45) is 3.25. The van der Waals surface area contributed by atoms with Gasteiger partial charge in [-0.3, -0.25) is 9.78 Å². The molecule has 1 aromatic heterocycles. The number of nitrogens with one attached hydrogen (secondary N) is 1. The minimum absolute atomic E-state index is 0.124. The van der Waals surface area contributed by atoms with Crippen LogP contribution in [0.15, 0.2) is 106 Å². The molecule has 0 saturated carbocycles. The Morgan fingerprint density at radius 1 is 1.05 bits per heavy atom. The van der Waals surface area contributed by atoms with Gasteiger partial charge in [-0.15, -0.1) is 0 Å². The number of aliphatic imine (C=N–C) groups is 1. The van der Waals surface area contributed by atoms with E-state index in [9.17, 15) is 9.59 Å². The molecule has 2 aliphatic rings. The number of fused-ring (bicyclic) bond motifs is 1. The average molecular weight is 569 g/mol. The number of carbonyl (C=O) groups is 2. The molecule has 1 N–H and O–H groups in total. The molecule has 1 amide bonds. The van der Waals surface area contributed by atoms with Crippen LogP contribution >= 0.6 is 11.8 Å². The highest BCUT2D eigenvalue weighted by Gasteiger charge is 2.41. The standard InChI is InChI=1S/C32H32N4O4S/c1-21(2)40-31(38)29-22(3)35-32-36(26(20-41-32)16-28(37)34-18-24-11-8-14-33-17-24)30(29)25-12-7-13-27(15-25)39-19-23-9-5-4-6-10-23/h4-15,17,20-21,30H,16,18-19H2,1-3H3,(H,34,37)/t30-/m1/s1. The second kappa shape index (κ2) is 12.9. The highest BCUT2D eigenvalue weighted by molar-refractivity contribution is 8.16. The van der Waals surface area contributed by atoms with Crippen molar-refractivity contribution >= 4 is 28.8 Å². The Labute approximate surface area is 244 Å². The zero-order valence-electron chi connectivity index (χ0n) is 23.2. The minimum Gasteiger partial charge on any atom is -0.489 e. The molecule has 0 aliphatic carbocycles. The van der Waals surface area contributed by atoms with E-state index in [0.29, 0.717) is 35.3 Å². The number of esters is 1. The van der Waals surface area contributed by atoms with Crippen molar-refractivity contribution in [3.05, 3.63) is 118 Å². The molecule has 0 radical (unpaired) electrons. The van der Waals surface area contributed by atoms with Crippen LogP contribution in [0.4, 0.5) is 0 Å². The molecule has 0 unspecified atom stereocenters. The molecule has 0 spiro atoms. The third-order valence-electron chi connectivity index (χ3n) is 6.54. The summed E-state index contributed by atoms with van der Waals surface area (Å²) in [5, 5.41) is 5.60. The van der Waals surface area contributed by atoms with E-state index in [-0.39, 0.29) is 18.4 Å². The van der Waals surface area contributed by atoms with Crippen molar-refractivity contribution in [1.29, 1.82) is 0 Å². The SMILES string of the molecule is CC1=C(C(=O)OC(C)C)[C@@H](c2cccc(OCc3ccccc3)c2)N2C(CC(=O)NCc3cccnc3)=CSC2=N1. The zero-order valence-corrected chi connectivity index (χ0v) is 24.1. The van der Waals surface area contributed by atoms with Gasteiger partial charge in [0.25, 0.3) is 0 Å². The maximum atomic E-state index is 13.5. The van der Waals surface area contributed by atoms with Crippen LogP contribution in [0.5, 0.6) is 5.75 Å². The first-order chi connectivity index (χ1) is 19.9. The first-order valence-corrected chi connectivity index (χ1v) is 14.3. The van der Waals surface area contributed by atoms with Crippen molar-refractivity contribution in [3.63, 3.8) is 0 Å². The number of thioether (sulfide) groups is 1. The van der Waals surface area contributed by atoms with Crippen LogP contribution in [-0.4, -0.2) is 33.0 Å². The molecule has 210 valence electrons. The van der Waals surface area contributed by atoms with Crippen molar-refractivity contribution in [2.75, 3.05) is 0 Å². The molecule has 8 nitrogen and oxygen atoms in total. The van der Waals surface area contributed by atoms with E-state index in [4.69, 9.17) is 14.5 Å². The number of nitrogens with zero attached hydrogens (tertiary/aromatic N) is 3. The van der Waals surface area contributed by atoms with Gasteiger partial charge in [0, 0.05) is 24.6 Å². The van der Waals surface area contributed by atoms with E-state index >= 15 is 0 Å². The molecule has 2 aliphatic heterocycles. The summed E-state index contributed by atoms with van der Waals surface area (Å²) < 4.78 is 11.8. The van der Waals surface area contributed by atoms with Gasteiger partial charge in [-0.05, 0) is 61.1 Å². The van der Waals surface area contributed by atoms with E-state index in [1.165, 1.54) is 11.8 Å². The third-order valence-corrected chi connectivity index (χ3v) is 7.43. The fourth-order valence-electron chi connectivity index (χ4n) is 4.67. The van der Waals surface area contributed by atoms with Gasteiger partial charge < -0.3 is 19.7 Å². The second-order valence-corrected chi connectivity index (χ2v) is 10.8. The van der Waals surface area contributed by atoms with Crippen LogP contribution in [0.25, 0.3) is 0 Å². The molecule has 0 fully saturated rings. The Balaban J connectivity index is 1.42. The van der Waals surface area contributed by atoms with Crippen LogP contribution in [0.3, 0.4) is 0 Å². The summed E-state index contributed by atoms with van der Waals surface area (Å²) in [5.74, 6) is 0.104. The van der Waals surface area contributed by atoms with E-state index in [1.807, 2.05) is 97.8 Å². The van der Waals surface area contributed by atoms with Gasteiger partial charge in [-0.25, -0.2) is 9.79 Å². The van der Waals surface area contributed by atoms with E-state index in [1.54, 1.807) is 12.4 Å². The fraction of sp³-hybridized carbons (Fsp3) is 0.250. The average Bonchev–Trinajstić information content (AvgIpc) is 3.36. The van der Waals surface area contributed by atoms with Gasteiger partial charge in [-0.1, -0.05) is 60.3 Å². The van der Waals surface area contributed by atoms with Crippen molar-refractivity contribution in [2.24, 2.45) is 4.99 Å². The molecule has 3 heterocycles. The van der Waals surface area contributed by atoms with Gasteiger partial charge in [0.05, 0.1) is 29.8 Å². The summed E-state index contributed by atoms with van der Waals surface area (Å²) in [6.45, 7) is 6.26. The quantitative estimate of drug-likeness (QED) is 0.305. The molecule has 0 bridgehead atoms. The Bertz CT molecular complexity index is 1500. The highest BCUT2D eigenvalue weighted by Crippen LogP contribution is 2.45. The predicted molar refractivity (Wildman–Crippen MR) is 160 cm³/mol. The predicted octanol–water partition coefficient (Wildman–Crippen LogP) is 5.89. The Morgan fingerprint density at radius 2 is 1.85 bits per heavy atom. The molecule has 41 heavy (non-hydrogen) atoms. The van der Waals surface area contributed by atoms with Crippen molar-refractivity contribution in [3.8, 4) is 5.75 Å². The summed E-state index contributed by atoms with van der Waals surface area (Å²) >= 11 is 1.44. The number of hydrogen-bond acceptors (Lipinski definition) is 8. The summed E-state index contributed by atoms with van der Waals surface area (Å²) in [7, 11) is 0. The number of carbonyl (C=O) groups excluding carboxylic acids is 2. The van der Waals surface area contributed by atoms with Gasteiger partial charge in [0.1, 0.15) is 12.4 Å². The number of aromatic nitrogens is 1. The number of ether oxygens (including phenoxy) is 2. The lowest BCUT2D eigenvalue weighted by molar-refractivity contribution is -0.143. The molecular formula is C32H32N4O4S. The lowest BCUT2D eigenvalue weighted by atomic mass is 9.93. The number of amidine groups is 1. The van der Waals surface area contributed by atoms with Crippen LogP contribution in [0.2, 0.25) is 0 Å². The number of rotatable bonds is 10. The first kappa shape index (κ1) is 28.2. The van der Waals surface area contributed by atoms with Crippen molar-refractivity contribution in [1.82, 2.24) is 15.2 Å². The van der Waals surface area contributed by atoms with Crippen LogP contribution in [-0.2, 0) is 27.5 Å². The van der Waals surface area contributed by atoms with Crippen LogP contribution in [0.1, 0.15) is 49.9 Å². The molecule has 3 aromatic rings. The van der Waals surface area contributed by atoms with Crippen LogP contribution in [0, 0.1) is 0 Å². The van der Waals surface area contributed by atoms with Crippen LogP contribution < -0.4 is 10.1 Å². The first-order valence-electron chi connectivity index (χ1n) is 13.5. The van der Waals surface area contributed by atoms with E-state index < -0.39 is 12.0 Å². The summed E-state index contributed by atoms with van der Waals surface area (Å²) in [6, 6.07) is 20.9. The molecular weight excluding hydrogens is 536 g/mol. The van der Waals surface area contributed by atoms with E-state index in [2.05, 4.69) is 10.3 Å². The van der Waals surface area contributed by atoms with Gasteiger partial charge >= 0.3 is 5.97 Å². The molecule has 1 atom stereocenters. The monoisotopic (exact) mass is 568 g/mol. The van der Waals surface area contributed by atoms with Gasteiger partial charge in [0.15, 0.2) is 5.17 Å². The lowest BCUT2D eigenvalue weighted by Crippen LogP contribution is -2.38. The molecule has 9 heteroatoms. The Kier molecular flexibility index (Phi) is 8.84. The number of pyridine rings is 1. The molecule has 5 rings (SSSR count). The maximum Gasteiger partial charge on any atom is 0.338 e. The van der Waals surface area contributed by atoms with E-state index in [0.717, 1.165) is 22.4 Å². The van der Waals surface area contributed by atoms with Gasteiger partial charge in [0.2, 0.25) is 5.91 Å². The molecule has 0 saturated heterocycles. The smallest absolute Gasteiger partial charge is 0.338 e. The van der Waals surface area contributed by atoms with Gasteiger partial charge in [-0.2, -0.15) is 0 Å². The highest BCUT2D eigenvalue weighted by atomic mass is 32.2. The zero-order chi connectivity index (χ0) is 28.8.